The van der Waals surface area contributed by atoms with Gasteiger partial charge in [0.2, 0.25) is 0 Å². The molecule has 2 aromatic carbocycles. The Labute approximate surface area is 169 Å². The largest absolute Gasteiger partial charge is 0.451 e. The van der Waals surface area contributed by atoms with Crippen LogP contribution in [0.25, 0.3) is 0 Å². The molecule has 0 bridgehead atoms. The standard InChI is InChI=1S/C22H24N4O3/c1-3-17-9-11-19(12-10-17)13-25(2)21(27)16-29-22(28)20-15-26(24-23-20)14-18-7-5-4-6-8-18/h4-12,15H,3,13-14,16H2,1-2H3. The van der Waals surface area contributed by atoms with Crippen LogP contribution in [-0.4, -0.2) is 45.4 Å². The molecule has 1 aromatic heterocycles. The number of aromatic nitrogens is 3. The van der Waals surface area contributed by atoms with Crippen LogP contribution >= 0.6 is 0 Å². The van der Waals surface area contributed by atoms with Crippen molar-refractivity contribution in [2.24, 2.45) is 0 Å². The van der Waals surface area contributed by atoms with Gasteiger partial charge in [-0.1, -0.05) is 66.7 Å². The highest BCUT2D eigenvalue weighted by atomic mass is 16.5. The van der Waals surface area contributed by atoms with E-state index in [1.165, 1.54) is 16.7 Å². The van der Waals surface area contributed by atoms with E-state index in [-0.39, 0.29) is 18.2 Å². The van der Waals surface area contributed by atoms with Crippen molar-refractivity contribution in [1.82, 2.24) is 19.9 Å². The molecule has 7 heteroatoms. The summed E-state index contributed by atoms with van der Waals surface area (Å²) in [6.45, 7) is 2.71. The summed E-state index contributed by atoms with van der Waals surface area (Å²) in [5, 5.41) is 7.77. The lowest BCUT2D eigenvalue weighted by Gasteiger charge is -2.17. The molecular formula is C22H24N4O3. The fourth-order valence-corrected chi connectivity index (χ4v) is 2.79. The van der Waals surface area contributed by atoms with Crippen LogP contribution in [0.2, 0.25) is 0 Å². The van der Waals surface area contributed by atoms with E-state index in [9.17, 15) is 9.59 Å². The highest BCUT2D eigenvalue weighted by Crippen LogP contribution is 2.08. The first-order valence-corrected chi connectivity index (χ1v) is 9.48. The maximum atomic E-state index is 12.3. The van der Waals surface area contributed by atoms with Crippen LogP contribution in [0.5, 0.6) is 0 Å². The average molecular weight is 392 g/mol. The minimum absolute atomic E-state index is 0.0755. The van der Waals surface area contributed by atoms with E-state index >= 15 is 0 Å². The molecule has 0 saturated heterocycles. The zero-order valence-electron chi connectivity index (χ0n) is 16.6. The number of rotatable bonds is 8. The lowest BCUT2D eigenvalue weighted by atomic mass is 10.1. The monoisotopic (exact) mass is 392 g/mol. The Hall–Kier alpha value is -3.48. The number of carbonyl (C=O) groups is 2. The lowest BCUT2D eigenvalue weighted by molar-refractivity contribution is -0.133. The number of nitrogens with zero attached hydrogens (tertiary/aromatic N) is 4. The Balaban J connectivity index is 1.48. The van der Waals surface area contributed by atoms with Gasteiger partial charge in [0.1, 0.15) is 0 Å². The first kappa shape index (κ1) is 20.3. The van der Waals surface area contributed by atoms with Gasteiger partial charge in [0.15, 0.2) is 12.3 Å². The van der Waals surface area contributed by atoms with Crippen LogP contribution in [-0.2, 0) is 29.0 Å². The van der Waals surface area contributed by atoms with Crippen LogP contribution in [0, 0.1) is 0 Å². The van der Waals surface area contributed by atoms with Crippen molar-refractivity contribution in [3.8, 4) is 0 Å². The third-order valence-corrected chi connectivity index (χ3v) is 4.54. The smallest absolute Gasteiger partial charge is 0.361 e. The molecule has 0 aliphatic carbocycles. The molecule has 0 fully saturated rings. The molecule has 0 radical (unpaired) electrons. The van der Waals surface area contributed by atoms with Gasteiger partial charge in [-0.25, -0.2) is 9.48 Å². The van der Waals surface area contributed by atoms with Crippen LogP contribution in [0.1, 0.15) is 34.1 Å². The van der Waals surface area contributed by atoms with E-state index in [1.54, 1.807) is 11.7 Å². The number of aryl methyl sites for hydroxylation is 1. The topological polar surface area (TPSA) is 77.3 Å². The molecule has 150 valence electrons. The molecule has 0 aliphatic heterocycles. The number of esters is 1. The molecule has 7 nitrogen and oxygen atoms in total. The molecule has 1 heterocycles. The second kappa shape index (κ2) is 9.64. The third kappa shape index (κ3) is 5.75. The number of hydrogen-bond donors (Lipinski definition) is 0. The third-order valence-electron chi connectivity index (χ3n) is 4.54. The van der Waals surface area contributed by atoms with Gasteiger partial charge in [-0.3, -0.25) is 4.79 Å². The van der Waals surface area contributed by atoms with Crippen molar-refractivity contribution in [3.05, 3.63) is 83.2 Å². The minimum atomic E-state index is -0.668. The van der Waals surface area contributed by atoms with E-state index in [4.69, 9.17) is 4.74 Å². The summed E-state index contributed by atoms with van der Waals surface area (Å²) < 4.78 is 6.66. The summed E-state index contributed by atoms with van der Waals surface area (Å²) in [6.07, 6.45) is 2.49. The zero-order chi connectivity index (χ0) is 20.6. The van der Waals surface area contributed by atoms with Gasteiger partial charge in [-0.15, -0.1) is 5.10 Å². The summed E-state index contributed by atoms with van der Waals surface area (Å²) in [4.78, 5) is 25.9. The second-order valence-electron chi connectivity index (χ2n) is 6.78. The summed E-state index contributed by atoms with van der Waals surface area (Å²) in [7, 11) is 1.68. The predicted octanol–water partition coefficient (Wildman–Crippen LogP) is 2.70. The summed E-state index contributed by atoms with van der Waals surface area (Å²) in [5.41, 5.74) is 3.39. The Morgan fingerprint density at radius 3 is 2.38 bits per heavy atom. The van der Waals surface area contributed by atoms with Crippen molar-refractivity contribution in [2.75, 3.05) is 13.7 Å². The maximum absolute atomic E-state index is 12.3. The van der Waals surface area contributed by atoms with Crippen molar-refractivity contribution < 1.29 is 14.3 Å². The van der Waals surface area contributed by atoms with E-state index in [1.807, 2.05) is 54.6 Å². The lowest BCUT2D eigenvalue weighted by Crippen LogP contribution is -2.30. The zero-order valence-corrected chi connectivity index (χ0v) is 16.6. The van der Waals surface area contributed by atoms with Gasteiger partial charge in [0.05, 0.1) is 12.7 Å². The Bertz CT molecular complexity index is 952. The Kier molecular flexibility index (Phi) is 6.73. The molecule has 0 unspecified atom stereocenters. The van der Waals surface area contributed by atoms with Crippen LogP contribution in [0.15, 0.2) is 60.8 Å². The molecule has 29 heavy (non-hydrogen) atoms. The van der Waals surface area contributed by atoms with E-state index in [0.717, 1.165) is 17.5 Å². The summed E-state index contributed by atoms with van der Waals surface area (Å²) >= 11 is 0. The van der Waals surface area contributed by atoms with Crippen LogP contribution < -0.4 is 0 Å². The van der Waals surface area contributed by atoms with Gasteiger partial charge in [0.25, 0.3) is 5.91 Å². The van der Waals surface area contributed by atoms with Gasteiger partial charge in [-0.05, 0) is 23.1 Å². The Morgan fingerprint density at radius 2 is 1.69 bits per heavy atom. The quantitative estimate of drug-likeness (QED) is 0.551. The van der Waals surface area contributed by atoms with Gasteiger partial charge >= 0.3 is 5.97 Å². The van der Waals surface area contributed by atoms with Gasteiger partial charge in [0, 0.05) is 13.6 Å². The fraction of sp³-hybridized carbons (Fsp3) is 0.273. The predicted molar refractivity (Wildman–Crippen MR) is 108 cm³/mol. The van der Waals surface area contributed by atoms with Gasteiger partial charge < -0.3 is 9.64 Å². The normalized spacial score (nSPS) is 10.6. The summed E-state index contributed by atoms with van der Waals surface area (Å²) in [6, 6.07) is 17.8. The first-order chi connectivity index (χ1) is 14.0. The SMILES string of the molecule is CCc1ccc(CN(C)C(=O)COC(=O)c2cn(Cc3ccccc3)nn2)cc1. The second-order valence-corrected chi connectivity index (χ2v) is 6.78. The number of ether oxygens (including phenoxy) is 1. The summed E-state index contributed by atoms with van der Waals surface area (Å²) in [5.74, 6) is -0.951. The van der Waals surface area contributed by atoms with Crippen LogP contribution in [0.3, 0.4) is 0 Å². The van der Waals surface area contributed by atoms with Crippen molar-refractivity contribution in [1.29, 1.82) is 0 Å². The molecular weight excluding hydrogens is 368 g/mol. The van der Waals surface area contributed by atoms with E-state index < -0.39 is 5.97 Å². The fourth-order valence-electron chi connectivity index (χ4n) is 2.79. The van der Waals surface area contributed by atoms with Crippen molar-refractivity contribution >= 4 is 11.9 Å². The number of hydrogen-bond acceptors (Lipinski definition) is 5. The molecule has 0 N–H and O–H groups in total. The number of carbonyl (C=O) groups excluding carboxylic acids is 2. The maximum Gasteiger partial charge on any atom is 0.361 e. The molecule has 0 atom stereocenters. The van der Waals surface area contributed by atoms with Crippen molar-refractivity contribution in [2.45, 2.75) is 26.4 Å². The molecule has 0 saturated carbocycles. The molecule has 1 amide bonds. The van der Waals surface area contributed by atoms with Crippen molar-refractivity contribution in [3.63, 3.8) is 0 Å². The first-order valence-electron chi connectivity index (χ1n) is 9.48. The number of likely N-dealkylation sites (N-methyl/N-ethyl adjacent to an activating group) is 1. The molecule has 3 rings (SSSR count). The molecule has 0 aliphatic rings. The number of benzene rings is 2. The molecule has 3 aromatic rings. The molecule has 0 spiro atoms. The van der Waals surface area contributed by atoms with E-state index in [2.05, 4.69) is 17.2 Å². The minimum Gasteiger partial charge on any atom is -0.451 e. The highest BCUT2D eigenvalue weighted by Gasteiger charge is 2.16. The number of amides is 1. The Morgan fingerprint density at radius 1 is 1.00 bits per heavy atom. The highest BCUT2D eigenvalue weighted by molar-refractivity contribution is 5.89. The van der Waals surface area contributed by atoms with Gasteiger partial charge in [-0.2, -0.15) is 0 Å². The van der Waals surface area contributed by atoms with Crippen LogP contribution in [0.4, 0.5) is 0 Å². The average Bonchev–Trinajstić information content (AvgIpc) is 3.21. The van der Waals surface area contributed by atoms with E-state index in [0.29, 0.717) is 13.1 Å².